The predicted molar refractivity (Wildman–Crippen MR) is 119 cm³/mol. The molecule has 164 valence electrons. The minimum atomic E-state index is -0.100. The number of allylic oxidation sites excluding steroid dienone is 2. The summed E-state index contributed by atoms with van der Waals surface area (Å²) >= 11 is 0. The van der Waals surface area contributed by atoms with Crippen LogP contribution in [0.5, 0.6) is 0 Å². The summed E-state index contributed by atoms with van der Waals surface area (Å²) in [4.78, 5) is 15.6. The van der Waals surface area contributed by atoms with E-state index in [-0.39, 0.29) is 11.5 Å². The second kappa shape index (κ2) is 7.79. The molecule has 4 aliphatic rings. The van der Waals surface area contributed by atoms with Crippen molar-refractivity contribution in [2.45, 2.75) is 91.1 Å². The van der Waals surface area contributed by atoms with E-state index in [1.807, 2.05) is 0 Å². The SMILES string of the molecule is CC(CCCN(C)C)C1CC(=O)C2=C3CCC4CC(O)CCC4(C)C3CCC21C. The number of aliphatic hydroxyl groups excluding tert-OH is 1. The highest BCUT2D eigenvalue weighted by Crippen LogP contribution is 2.65. The highest BCUT2D eigenvalue weighted by molar-refractivity contribution is 6.00. The second-order valence-corrected chi connectivity index (χ2v) is 11.7. The van der Waals surface area contributed by atoms with Crippen molar-refractivity contribution in [3.05, 3.63) is 11.1 Å². The number of Topliss-reactive ketones (excluding diaryl/α,β-unsaturated/α-hetero) is 1. The zero-order valence-electron chi connectivity index (χ0n) is 19.5. The summed E-state index contributed by atoms with van der Waals surface area (Å²) in [5, 5.41) is 10.2. The van der Waals surface area contributed by atoms with Crippen molar-refractivity contribution < 1.29 is 9.90 Å². The summed E-state index contributed by atoms with van der Waals surface area (Å²) in [6.45, 7) is 8.46. The normalized spacial score (nSPS) is 43.2. The van der Waals surface area contributed by atoms with Crippen LogP contribution >= 0.6 is 0 Å². The van der Waals surface area contributed by atoms with Crippen molar-refractivity contribution in [1.82, 2.24) is 4.90 Å². The summed E-state index contributed by atoms with van der Waals surface area (Å²) in [6.07, 6.45) is 10.9. The first-order valence-corrected chi connectivity index (χ1v) is 12.3. The average molecular weight is 402 g/mol. The van der Waals surface area contributed by atoms with Crippen molar-refractivity contribution >= 4 is 5.78 Å². The minimum Gasteiger partial charge on any atom is -0.393 e. The number of fused-ring (bicyclic) bond motifs is 4. The predicted octanol–water partition coefficient (Wildman–Crippen LogP) is 5.23. The van der Waals surface area contributed by atoms with Gasteiger partial charge in [-0.25, -0.2) is 0 Å². The largest absolute Gasteiger partial charge is 0.393 e. The molecule has 4 rings (SSSR count). The number of rotatable bonds is 5. The van der Waals surface area contributed by atoms with Crippen LogP contribution in [0.3, 0.4) is 0 Å². The van der Waals surface area contributed by atoms with E-state index in [1.54, 1.807) is 5.57 Å². The van der Waals surface area contributed by atoms with Gasteiger partial charge in [-0.1, -0.05) is 26.3 Å². The van der Waals surface area contributed by atoms with E-state index in [2.05, 4.69) is 39.8 Å². The van der Waals surface area contributed by atoms with Crippen molar-refractivity contribution in [3.63, 3.8) is 0 Å². The molecule has 7 unspecified atom stereocenters. The monoisotopic (exact) mass is 401 g/mol. The number of ketones is 1. The van der Waals surface area contributed by atoms with Crippen molar-refractivity contribution in [3.8, 4) is 0 Å². The lowest BCUT2D eigenvalue weighted by atomic mass is 9.48. The van der Waals surface area contributed by atoms with Gasteiger partial charge < -0.3 is 10.0 Å². The molecule has 0 amide bonds. The summed E-state index contributed by atoms with van der Waals surface area (Å²) in [6, 6.07) is 0. The Kier molecular flexibility index (Phi) is 5.79. The van der Waals surface area contributed by atoms with Crippen LogP contribution in [-0.4, -0.2) is 42.5 Å². The van der Waals surface area contributed by atoms with Gasteiger partial charge in [0.1, 0.15) is 0 Å². The zero-order valence-corrected chi connectivity index (χ0v) is 19.5. The summed E-state index contributed by atoms with van der Waals surface area (Å²) in [5.74, 6) is 2.86. The van der Waals surface area contributed by atoms with Gasteiger partial charge in [-0.3, -0.25) is 4.79 Å². The minimum absolute atomic E-state index is 0.100. The standard InChI is InChI=1S/C26H43NO2/c1-17(7-6-14-27(4)5)22-16-23(29)24-20-9-8-18-15-19(28)10-12-25(18,2)21(20)11-13-26(22,24)3/h17-19,21-22,28H,6-16H2,1-5H3. The van der Waals surface area contributed by atoms with E-state index in [0.29, 0.717) is 34.9 Å². The third-order valence-electron chi connectivity index (χ3n) is 9.78. The Labute approximate surface area is 178 Å². The Bertz CT molecular complexity index is 682. The third-order valence-corrected chi connectivity index (χ3v) is 9.78. The van der Waals surface area contributed by atoms with Gasteiger partial charge in [-0.15, -0.1) is 0 Å². The Morgan fingerprint density at radius 3 is 2.66 bits per heavy atom. The van der Waals surface area contributed by atoms with Crippen LogP contribution in [0.4, 0.5) is 0 Å². The first-order valence-electron chi connectivity index (χ1n) is 12.3. The van der Waals surface area contributed by atoms with Gasteiger partial charge >= 0.3 is 0 Å². The molecule has 3 fully saturated rings. The first kappa shape index (κ1) is 21.6. The molecule has 0 radical (unpaired) electrons. The smallest absolute Gasteiger partial charge is 0.159 e. The van der Waals surface area contributed by atoms with Gasteiger partial charge in [0, 0.05) is 12.0 Å². The molecule has 3 heteroatoms. The number of carbonyl (C=O) groups is 1. The fraction of sp³-hybridized carbons (Fsp3) is 0.885. The van der Waals surface area contributed by atoms with E-state index in [1.165, 1.54) is 37.7 Å². The molecule has 0 bridgehead atoms. The molecule has 0 heterocycles. The van der Waals surface area contributed by atoms with Gasteiger partial charge in [-0.2, -0.15) is 0 Å². The quantitative estimate of drug-likeness (QED) is 0.686. The Morgan fingerprint density at radius 2 is 1.93 bits per heavy atom. The molecule has 7 atom stereocenters. The second-order valence-electron chi connectivity index (χ2n) is 11.7. The summed E-state index contributed by atoms with van der Waals surface area (Å²) in [5.41, 5.74) is 3.25. The van der Waals surface area contributed by atoms with Gasteiger partial charge in [0.2, 0.25) is 0 Å². The van der Waals surface area contributed by atoms with E-state index >= 15 is 0 Å². The maximum absolute atomic E-state index is 13.4. The molecule has 29 heavy (non-hydrogen) atoms. The molecule has 0 aromatic carbocycles. The Morgan fingerprint density at radius 1 is 1.17 bits per heavy atom. The van der Waals surface area contributed by atoms with Gasteiger partial charge in [0.15, 0.2) is 5.78 Å². The first-order chi connectivity index (χ1) is 13.7. The Balaban J connectivity index is 1.59. The molecule has 3 saturated carbocycles. The maximum Gasteiger partial charge on any atom is 0.159 e. The molecule has 0 spiro atoms. The highest BCUT2D eigenvalue weighted by atomic mass is 16.3. The van der Waals surface area contributed by atoms with Crippen LogP contribution < -0.4 is 0 Å². The van der Waals surface area contributed by atoms with Crippen LogP contribution in [-0.2, 0) is 4.79 Å². The van der Waals surface area contributed by atoms with Crippen molar-refractivity contribution in [1.29, 1.82) is 0 Å². The lowest BCUT2D eigenvalue weighted by molar-refractivity contribution is -0.115. The summed E-state index contributed by atoms with van der Waals surface area (Å²) in [7, 11) is 4.30. The van der Waals surface area contributed by atoms with Gasteiger partial charge in [-0.05, 0) is 113 Å². The molecule has 4 aliphatic carbocycles. The fourth-order valence-corrected chi connectivity index (χ4v) is 8.10. The number of hydrogen-bond acceptors (Lipinski definition) is 3. The lowest BCUT2D eigenvalue weighted by Gasteiger charge is -2.56. The molecular weight excluding hydrogens is 358 g/mol. The number of nitrogens with zero attached hydrogens (tertiary/aromatic N) is 1. The zero-order chi connectivity index (χ0) is 21.0. The number of carbonyl (C=O) groups excluding carboxylic acids is 1. The Hall–Kier alpha value is -0.670. The van der Waals surface area contributed by atoms with Gasteiger partial charge in [0.05, 0.1) is 6.10 Å². The van der Waals surface area contributed by atoms with Gasteiger partial charge in [0.25, 0.3) is 0 Å². The van der Waals surface area contributed by atoms with E-state index < -0.39 is 0 Å². The number of aliphatic hydroxyl groups is 1. The molecule has 0 saturated heterocycles. The molecule has 0 aliphatic heterocycles. The van der Waals surface area contributed by atoms with Crippen molar-refractivity contribution in [2.75, 3.05) is 20.6 Å². The summed E-state index contributed by atoms with van der Waals surface area (Å²) < 4.78 is 0. The van der Waals surface area contributed by atoms with Crippen LogP contribution in [0.15, 0.2) is 11.1 Å². The van der Waals surface area contributed by atoms with Crippen LogP contribution in [0.2, 0.25) is 0 Å². The molecule has 0 aromatic heterocycles. The highest BCUT2D eigenvalue weighted by Gasteiger charge is 2.57. The van der Waals surface area contributed by atoms with E-state index in [4.69, 9.17) is 0 Å². The molecular formula is C26H43NO2. The van der Waals surface area contributed by atoms with Crippen molar-refractivity contribution in [2.24, 2.45) is 34.5 Å². The van der Waals surface area contributed by atoms with Crippen LogP contribution in [0.25, 0.3) is 0 Å². The number of hydrogen-bond donors (Lipinski definition) is 1. The lowest BCUT2D eigenvalue weighted by Crippen LogP contribution is -2.48. The molecule has 1 N–H and O–H groups in total. The van der Waals surface area contributed by atoms with Crippen LogP contribution in [0.1, 0.15) is 85.0 Å². The molecule has 0 aromatic rings. The maximum atomic E-state index is 13.4. The van der Waals surface area contributed by atoms with E-state index in [0.717, 1.165) is 38.6 Å². The topological polar surface area (TPSA) is 40.5 Å². The average Bonchev–Trinajstić information content (AvgIpc) is 2.93. The molecule has 3 nitrogen and oxygen atoms in total. The van der Waals surface area contributed by atoms with E-state index in [9.17, 15) is 9.90 Å². The fourth-order valence-electron chi connectivity index (χ4n) is 8.10. The third kappa shape index (κ3) is 3.55. The van der Waals surface area contributed by atoms with Crippen LogP contribution in [0, 0.1) is 34.5 Å².